The first kappa shape index (κ1) is 20.8. The molecule has 1 unspecified atom stereocenters. The lowest BCUT2D eigenvalue weighted by Gasteiger charge is -2.38. The Morgan fingerprint density at radius 3 is 2.42 bits per heavy atom. The average molecular weight is 422 g/mol. The molecule has 3 aromatic carbocycles. The number of anilines is 1. The fraction of sp³-hybridized carbons (Fsp3) is 0.240. The monoisotopic (exact) mass is 422 g/mol. The van der Waals surface area contributed by atoms with Gasteiger partial charge >= 0.3 is 0 Å². The maximum absolute atomic E-state index is 13.7. The zero-order valence-electron chi connectivity index (χ0n) is 17.3. The molecule has 4 rings (SSSR count). The van der Waals surface area contributed by atoms with Crippen LogP contribution < -0.4 is 15.0 Å². The summed E-state index contributed by atoms with van der Waals surface area (Å²) in [5, 5.41) is 2.89. The third-order valence-electron chi connectivity index (χ3n) is 5.40. The molecule has 1 atom stereocenters. The molecule has 0 aromatic heterocycles. The summed E-state index contributed by atoms with van der Waals surface area (Å²) in [5.41, 5.74) is 3.86. The second kappa shape index (κ2) is 9.16. The number of hydrogen-bond acceptors (Lipinski definition) is 3. The number of carbonyl (C=O) groups excluding carboxylic acids is 1. The van der Waals surface area contributed by atoms with E-state index in [1.54, 1.807) is 18.2 Å². The lowest BCUT2D eigenvalue weighted by Crippen LogP contribution is -2.45. The molecule has 0 saturated carbocycles. The normalized spacial score (nSPS) is 15.2. The van der Waals surface area contributed by atoms with Crippen molar-refractivity contribution in [1.29, 1.82) is 0 Å². The van der Waals surface area contributed by atoms with Crippen LogP contribution in [0, 0.1) is 18.6 Å². The van der Waals surface area contributed by atoms with Gasteiger partial charge in [0.2, 0.25) is 5.91 Å². The van der Waals surface area contributed by atoms with Crippen LogP contribution in [0.25, 0.3) is 0 Å². The van der Waals surface area contributed by atoms with Crippen molar-refractivity contribution in [3.63, 3.8) is 0 Å². The van der Waals surface area contributed by atoms with Crippen molar-refractivity contribution in [2.75, 3.05) is 11.5 Å². The Labute approximate surface area is 180 Å². The average Bonchev–Trinajstić information content (AvgIpc) is 2.76. The molecule has 31 heavy (non-hydrogen) atoms. The highest BCUT2D eigenvalue weighted by molar-refractivity contribution is 5.77. The van der Waals surface area contributed by atoms with E-state index in [1.165, 1.54) is 29.8 Å². The molecule has 1 aliphatic heterocycles. The fourth-order valence-electron chi connectivity index (χ4n) is 3.68. The molecule has 0 radical (unpaired) electrons. The molecule has 0 saturated heterocycles. The first-order chi connectivity index (χ1) is 15.0. The van der Waals surface area contributed by atoms with Gasteiger partial charge in [0.05, 0.1) is 18.2 Å². The number of ether oxygens (including phenoxy) is 1. The van der Waals surface area contributed by atoms with E-state index in [0.717, 1.165) is 16.8 Å². The highest BCUT2D eigenvalue weighted by Crippen LogP contribution is 2.36. The SMILES string of the molecule is Cc1ccc(CN2c3ccc(F)cc3OCC2CC(=O)NCc2ccc(F)cc2)cc1. The zero-order valence-corrected chi connectivity index (χ0v) is 17.3. The van der Waals surface area contributed by atoms with E-state index in [1.807, 2.05) is 19.1 Å². The van der Waals surface area contributed by atoms with Crippen molar-refractivity contribution in [1.82, 2.24) is 5.32 Å². The van der Waals surface area contributed by atoms with E-state index in [2.05, 4.69) is 22.3 Å². The van der Waals surface area contributed by atoms with Gasteiger partial charge in [-0.3, -0.25) is 4.79 Å². The summed E-state index contributed by atoms with van der Waals surface area (Å²) in [6.45, 7) is 3.22. The maximum Gasteiger partial charge on any atom is 0.222 e. The summed E-state index contributed by atoms with van der Waals surface area (Å²) >= 11 is 0. The third-order valence-corrected chi connectivity index (χ3v) is 5.40. The van der Waals surface area contributed by atoms with Crippen molar-refractivity contribution < 1.29 is 18.3 Å². The van der Waals surface area contributed by atoms with Crippen LogP contribution in [-0.2, 0) is 17.9 Å². The number of aryl methyl sites for hydroxylation is 1. The van der Waals surface area contributed by atoms with Gasteiger partial charge in [-0.25, -0.2) is 8.78 Å². The minimum Gasteiger partial charge on any atom is -0.489 e. The summed E-state index contributed by atoms with van der Waals surface area (Å²) in [4.78, 5) is 14.7. The molecular weight excluding hydrogens is 398 g/mol. The van der Waals surface area contributed by atoms with E-state index in [4.69, 9.17) is 4.74 Å². The van der Waals surface area contributed by atoms with E-state index in [0.29, 0.717) is 18.8 Å². The number of hydrogen-bond donors (Lipinski definition) is 1. The Kier molecular flexibility index (Phi) is 6.16. The van der Waals surface area contributed by atoms with Crippen molar-refractivity contribution >= 4 is 11.6 Å². The topological polar surface area (TPSA) is 41.6 Å². The van der Waals surface area contributed by atoms with Crippen molar-refractivity contribution in [2.45, 2.75) is 32.5 Å². The van der Waals surface area contributed by atoms with Gasteiger partial charge in [-0.2, -0.15) is 0 Å². The Balaban J connectivity index is 1.48. The van der Waals surface area contributed by atoms with Crippen LogP contribution in [0.4, 0.5) is 14.5 Å². The number of halogens is 2. The zero-order chi connectivity index (χ0) is 21.8. The van der Waals surface area contributed by atoms with Crippen LogP contribution in [0.1, 0.15) is 23.1 Å². The summed E-state index contributed by atoms with van der Waals surface area (Å²) in [6, 6.07) is 18.5. The van der Waals surface area contributed by atoms with Crippen LogP contribution in [0.2, 0.25) is 0 Å². The van der Waals surface area contributed by atoms with E-state index < -0.39 is 0 Å². The molecule has 3 aromatic rings. The highest BCUT2D eigenvalue weighted by Gasteiger charge is 2.29. The molecule has 160 valence electrons. The molecule has 0 aliphatic carbocycles. The van der Waals surface area contributed by atoms with Crippen LogP contribution in [0.15, 0.2) is 66.7 Å². The number of fused-ring (bicyclic) bond motifs is 1. The first-order valence-electron chi connectivity index (χ1n) is 10.2. The largest absolute Gasteiger partial charge is 0.489 e. The van der Waals surface area contributed by atoms with Gasteiger partial charge in [0.25, 0.3) is 0 Å². The van der Waals surface area contributed by atoms with Gasteiger partial charge in [0.1, 0.15) is 24.0 Å². The quantitative estimate of drug-likeness (QED) is 0.624. The Morgan fingerprint density at radius 1 is 1.00 bits per heavy atom. The molecule has 0 spiro atoms. The molecule has 0 fully saturated rings. The predicted molar refractivity (Wildman–Crippen MR) is 116 cm³/mol. The highest BCUT2D eigenvalue weighted by atomic mass is 19.1. The lowest BCUT2D eigenvalue weighted by atomic mass is 10.1. The molecular formula is C25H24F2N2O2. The van der Waals surface area contributed by atoms with Gasteiger partial charge in [0, 0.05) is 19.2 Å². The number of nitrogens with one attached hydrogen (secondary N) is 1. The van der Waals surface area contributed by atoms with Crippen LogP contribution in [0.5, 0.6) is 5.75 Å². The minimum atomic E-state index is -0.357. The number of benzene rings is 3. The number of amides is 1. The van der Waals surface area contributed by atoms with Gasteiger partial charge in [-0.05, 0) is 42.3 Å². The van der Waals surface area contributed by atoms with Gasteiger partial charge in [0.15, 0.2) is 0 Å². The Hall–Kier alpha value is -3.41. The molecule has 4 nitrogen and oxygen atoms in total. The summed E-state index contributed by atoms with van der Waals surface area (Å²) in [5.74, 6) is -0.312. The maximum atomic E-state index is 13.7. The second-order valence-corrected chi connectivity index (χ2v) is 7.80. The predicted octanol–water partition coefficient (Wildman–Crippen LogP) is 4.75. The molecule has 1 heterocycles. The molecule has 1 aliphatic rings. The van der Waals surface area contributed by atoms with Crippen molar-refractivity contribution in [2.24, 2.45) is 0 Å². The van der Waals surface area contributed by atoms with Gasteiger partial charge < -0.3 is 15.0 Å². The number of carbonyl (C=O) groups is 1. The minimum absolute atomic E-state index is 0.127. The summed E-state index contributed by atoms with van der Waals surface area (Å²) < 4.78 is 32.5. The smallest absolute Gasteiger partial charge is 0.222 e. The van der Waals surface area contributed by atoms with E-state index in [-0.39, 0.29) is 36.6 Å². The van der Waals surface area contributed by atoms with Crippen LogP contribution in [0.3, 0.4) is 0 Å². The number of rotatable bonds is 6. The van der Waals surface area contributed by atoms with Crippen molar-refractivity contribution in [3.05, 3.63) is 95.1 Å². The van der Waals surface area contributed by atoms with E-state index >= 15 is 0 Å². The Morgan fingerprint density at radius 2 is 1.68 bits per heavy atom. The first-order valence-corrected chi connectivity index (χ1v) is 10.2. The summed E-state index contributed by atoms with van der Waals surface area (Å²) in [6.07, 6.45) is 0.226. The van der Waals surface area contributed by atoms with E-state index in [9.17, 15) is 13.6 Å². The third kappa shape index (κ3) is 5.20. The molecule has 0 bridgehead atoms. The fourth-order valence-corrected chi connectivity index (χ4v) is 3.68. The second-order valence-electron chi connectivity index (χ2n) is 7.80. The lowest BCUT2D eigenvalue weighted by molar-refractivity contribution is -0.121. The standard InChI is InChI=1S/C25H24F2N2O2/c1-17-2-4-19(5-3-17)15-29-22(16-31-24-12-21(27)10-11-23(24)29)13-25(30)28-14-18-6-8-20(26)9-7-18/h2-12,22H,13-16H2,1H3,(H,28,30). The molecule has 1 N–H and O–H groups in total. The Bertz CT molecular complexity index is 1050. The van der Waals surface area contributed by atoms with Gasteiger partial charge in [-0.1, -0.05) is 42.0 Å². The summed E-state index contributed by atoms with van der Waals surface area (Å²) in [7, 11) is 0. The van der Waals surface area contributed by atoms with Crippen LogP contribution in [-0.4, -0.2) is 18.6 Å². The molecule has 1 amide bonds. The number of nitrogens with zero attached hydrogens (tertiary/aromatic N) is 1. The van der Waals surface area contributed by atoms with Crippen molar-refractivity contribution in [3.8, 4) is 5.75 Å². The van der Waals surface area contributed by atoms with Crippen LogP contribution >= 0.6 is 0 Å². The molecule has 6 heteroatoms. The van der Waals surface area contributed by atoms with Gasteiger partial charge in [-0.15, -0.1) is 0 Å².